The summed E-state index contributed by atoms with van der Waals surface area (Å²) in [5, 5.41) is 19.0. The van der Waals surface area contributed by atoms with E-state index in [2.05, 4.69) is 6.07 Å². The minimum absolute atomic E-state index is 0.0376. The molecule has 0 aromatic heterocycles. The van der Waals surface area contributed by atoms with Crippen molar-refractivity contribution in [2.45, 2.75) is 26.4 Å². The van der Waals surface area contributed by atoms with Crippen molar-refractivity contribution in [3.05, 3.63) is 11.6 Å². The van der Waals surface area contributed by atoms with Gasteiger partial charge in [-0.1, -0.05) is 19.9 Å². The van der Waals surface area contributed by atoms with Crippen LogP contribution in [0.2, 0.25) is 0 Å². The smallest absolute Gasteiger partial charge is 0.0986 e. The highest BCUT2D eigenvalue weighted by molar-refractivity contribution is 5.31. The lowest BCUT2D eigenvalue weighted by Gasteiger charge is -2.27. The number of aliphatic hydroxyl groups is 1. The highest BCUT2D eigenvalue weighted by atomic mass is 16.3. The Balaban J connectivity index is 4.74. The van der Waals surface area contributed by atoms with Crippen LogP contribution in [-0.2, 0) is 0 Å². The minimum Gasteiger partial charge on any atom is -0.384 e. The van der Waals surface area contributed by atoms with E-state index in [1.165, 1.54) is 0 Å². The van der Waals surface area contributed by atoms with Crippen LogP contribution in [0.15, 0.2) is 11.6 Å². The Morgan fingerprint density at radius 3 is 2.36 bits per heavy atom. The van der Waals surface area contributed by atoms with Crippen LogP contribution in [0.1, 0.15) is 20.8 Å². The first-order valence-corrected chi connectivity index (χ1v) is 4.80. The lowest BCUT2D eigenvalue weighted by Crippen LogP contribution is -2.33. The Kier molecular flexibility index (Phi) is 4.82. The number of nitriles is 1. The molecule has 0 saturated carbocycles. The van der Waals surface area contributed by atoms with Crippen LogP contribution >= 0.6 is 0 Å². The fourth-order valence-electron chi connectivity index (χ4n) is 0.950. The zero-order valence-electron chi connectivity index (χ0n) is 9.70. The molecule has 0 aliphatic heterocycles. The maximum absolute atomic E-state index is 10.1. The molecule has 0 spiro atoms. The predicted molar refractivity (Wildman–Crippen MR) is 57.7 cm³/mol. The molecule has 0 amide bonds. The summed E-state index contributed by atoms with van der Waals surface area (Å²) in [6.07, 6.45) is 1.78. The van der Waals surface area contributed by atoms with Crippen molar-refractivity contribution in [2.24, 2.45) is 5.92 Å². The van der Waals surface area contributed by atoms with Gasteiger partial charge in [-0.3, -0.25) is 0 Å². The highest BCUT2D eigenvalue weighted by Gasteiger charge is 2.29. The number of hydrogen-bond acceptors (Lipinski definition) is 3. The summed E-state index contributed by atoms with van der Waals surface area (Å²) >= 11 is 0. The Morgan fingerprint density at radius 1 is 1.57 bits per heavy atom. The molecule has 0 saturated heterocycles. The molecule has 3 heteroatoms. The molecule has 0 bridgehead atoms. The molecule has 0 heterocycles. The maximum atomic E-state index is 10.1. The van der Waals surface area contributed by atoms with E-state index < -0.39 is 5.60 Å². The molecule has 0 rings (SSSR count). The van der Waals surface area contributed by atoms with E-state index >= 15 is 0 Å². The number of rotatable bonds is 4. The van der Waals surface area contributed by atoms with Crippen molar-refractivity contribution >= 4 is 0 Å². The van der Waals surface area contributed by atoms with Crippen LogP contribution in [0.3, 0.4) is 0 Å². The van der Waals surface area contributed by atoms with Gasteiger partial charge < -0.3 is 10.0 Å². The molecule has 0 aliphatic carbocycles. The average Bonchev–Trinajstić information content (AvgIpc) is 2.04. The third kappa shape index (κ3) is 3.49. The summed E-state index contributed by atoms with van der Waals surface area (Å²) in [5.74, 6) is 0.0376. The SMILES string of the molecule is CC(C)C(C)(O)/C(C#N)=C/CN(C)C. The van der Waals surface area contributed by atoms with Gasteiger partial charge >= 0.3 is 0 Å². The average molecular weight is 196 g/mol. The maximum Gasteiger partial charge on any atom is 0.0986 e. The van der Waals surface area contributed by atoms with Crippen LogP contribution in [-0.4, -0.2) is 36.2 Å². The molecule has 0 fully saturated rings. The normalized spacial score (nSPS) is 16.9. The lowest BCUT2D eigenvalue weighted by molar-refractivity contribution is 0.0543. The van der Waals surface area contributed by atoms with Crippen molar-refractivity contribution in [1.82, 2.24) is 4.90 Å². The zero-order valence-corrected chi connectivity index (χ0v) is 9.70. The summed E-state index contributed by atoms with van der Waals surface area (Å²) in [6.45, 7) is 6.16. The number of likely N-dealkylation sites (N-methyl/N-ethyl adjacent to an activating group) is 1. The molecule has 3 nitrogen and oxygen atoms in total. The second kappa shape index (κ2) is 5.14. The van der Waals surface area contributed by atoms with Gasteiger partial charge in [-0.25, -0.2) is 0 Å². The first-order chi connectivity index (χ1) is 6.32. The Morgan fingerprint density at radius 2 is 2.07 bits per heavy atom. The summed E-state index contributed by atoms with van der Waals surface area (Å²) in [6, 6.07) is 2.06. The second-order valence-electron chi connectivity index (χ2n) is 4.29. The van der Waals surface area contributed by atoms with Gasteiger partial charge in [0.1, 0.15) is 0 Å². The van der Waals surface area contributed by atoms with E-state index in [0.717, 1.165) is 0 Å². The molecule has 0 aliphatic rings. The van der Waals surface area contributed by atoms with Crippen LogP contribution in [0.25, 0.3) is 0 Å². The first kappa shape index (κ1) is 13.2. The van der Waals surface area contributed by atoms with Gasteiger partial charge in [-0.05, 0) is 26.9 Å². The van der Waals surface area contributed by atoms with Crippen molar-refractivity contribution in [1.29, 1.82) is 5.26 Å². The van der Waals surface area contributed by atoms with Gasteiger partial charge in [-0.15, -0.1) is 0 Å². The van der Waals surface area contributed by atoms with Crippen LogP contribution in [0.5, 0.6) is 0 Å². The van der Waals surface area contributed by atoms with Gasteiger partial charge in [0.25, 0.3) is 0 Å². The van der Waals surface area contributed by atoms with E-state index in [0.29, 0.717) is 12.1 Å². The third-order valence-electron chi connectivity index (χ3n) is 2.45. The monoisotopic (exact) mass is 196 g/mol. The standard InChI is InChI=1S/C11H20N2O/c1-9(2)11(3,14)10(8-12)6-7-13(4)5/h6,9,14H,7H2,1-5H3/b10-6+. The van der Waals surface area contributed by atoms with E-state index in [9.17, 15) is 5.11 Å². The van der Waals surface area contributed by atoms with Crippen molar-refractivity contribution in [2.75, 3.05) is 20.6 Å². The highest BCUT2D eigenvalue weighted by Crippen LogP contribution is 2.24. The van der Waals surface area contributed by atoms with Crippen molar-refractivity contribution in [3.8, 4) is 6.07 Å². The predicted octanol–water partition coefficient (Wildman–Crippen LogP) is 1.40. The lowest BCUT2D eigenvalue weighted by atomic mass is 9.85. The molecule has 14 heavy (non-hydrogen) atoms. The van der Waals surface area contributed by atoms with Crippen molar-refractivity contribution < 1.29 is 5.11 Å². The molecule has 0 aromatic carbocycles. The molecule has 0 radical (unpaired) electrons. The van der Waals surface area contributed by atoms with Gasteiger partial charge in [0.05, 0.1) is 17.2 Å². The van der Waals surface area contributed by atoms with Crippen LogP contribution in [0, 0.1) is 17.2 Å². The van der Waals surface area contributed by atoms with Crippen molar-refractivity contribution in [3.63, 3.8) is 0 Å². The van der Waals surface area contributed by atoms with Gasteiger partial charge in [-0.2, -0.15) is 5.26 Å². The molecule has 1 atom stereocenters. The van der Waals surface area contributed by atoms with Gasteiger partial charge in [0, 0.05) is 6.54 Å². The summed E-state index contributed by atoms with van der Waals surface area (Å²) < 4.78 is 0. The molecule has 1 N–H and O–H groups in total. The van der Waals surface area contributed by atoms with E-state index in [1.807, 2.05) is 32.8 Å². The van der Waals surface area contributed by atoms with E-state index in [1.54, 1.807) is 13.0 Å². The van der Waals surface area contributed by atoms with Crippen LogP contribution < -0.4 is 0 Å². The molecular weight excluding hydrogens is 176 g/mol. The topological polar surface area (TPSA) is 47.3 Å². The fourth-order valence-corrected chi connectivity index (χ4v) is 0.950. The summed E-state index contributed by atoms with van der Waals surface area (Å²) in [4.78, 5) is 1.95. The quantitative estimate of drug-likeness (QED) is 0.691. The molecule has 0 aromatic rings. The van der Waals surface area contributed by atoms with Gasteiger partial charge in [0.15, 0.2) is 0 Å². The zero-order chi connectivity index (χ0) is 11.4. The fraction of sp³-hybridized carbons (Fsp3) is 0.727. The van der Waals surface area contributed by atoms with E-state index in [-0.39, 0.29) is 5.92 Å². The van der Waals surface area contributed by atoms with Crippen LogP contribution in [0.4, 0.5) is 0 Å². The largest absolute Gasteiger partial charge is 0.384 e. The minimum atomic E-state index is -1.02. The Bertz CT molecular complexity index is 247. The molecule has 1 unspecified atom stereocenters. The second-order valence-corrected chi connectivity index (χ2v) is 4.29. The number of nitrogens with zero attached hydrogens (tertiary/aromatic N) is 2. The number of hydrogen-bond donors (Lipinski definition) is 1. The first-order valence-electron chi connectivity index (χ1n) is 4.80. The molecular formula is C11H20N2O. The van der Waals surface area contributed by atoms with Gasteiger partial charge in [0.2, 0.25) is 0 Å². The summed E-state index contributed by atoms with van der Waals surface area (Å²) in [5.41, 5.74) is -0.577. The van der Waals surface area contributed by atoms with E-state index in [4.69, 9.17) is 5.26 Å². The Labute approximate surface area is 86.6 Å². The third-order valence-corrected chi connectivity index (χ3v) is 2.45. The molecule has 80 valence electrons. The summed E-state index contributed by atoms with van der Waals surface area (Å²) in [7, 11) is 3.85. The Hall–Kier alpha value is -0.850.